The molecule has 0 fully saturated rings. The van der Waals surface area contributed by atoms with E-state index in [4.69, 9.17) is 11.6 Å². The number of hydrogen-bond acceptors (Lipinski definition) is 1. The van der Waals surface area contributed by atoms with E-state index in [0.717, 1.165) is 16.8 Å². The van der Waals surface area contributed by atoms with Gasteiger partial charge in [-0.2, -0.15) is 0 Å². The van der Waals surface area contributed by atoms with Crippen LogP contribution in [0.2, 0.25) is 5.02 Å². The molecular weight excluding hydrogens is 210 g/mol. The Kier molecular flexibility index (Phi) is 2.60. The van der Waals surface area contributed by atoms with Crippen LogP contribution in [0.3, 0.4) is 0 Å². The first-order valence-electron chi connectivity index (χ1n) is 4.63. The number of H-pyrrole nitrogens is 1. The fraction of sp³-hybridized carbons (Fsp3) is 0.0833. The van der Waals surface area contributed by atoms with Crippen molar-refractivity contribution in [2.75, 3.05) is 0 Å². The second-order valence-electron chi connectivity index (χ2n) is 3.35. The summed E-state index contributed by atoms with van der Waals surface area (Å²) >= 11 is 6.01. The summed E-state index contributed by atoms with van der Waals surface area (Å²) in [5, 5.41) is 0.706. The second kappa shape index (κ2) is 3.91. The Morgan fingerprint density at radius 3 is 2.80 bits per heavy atom. The van der Waals surface area contributed by atoms with E-state index in [2.05, 4.69) is 4.98 Å². The third kappa shape index (κ3) is 1.95. The van der Waals surface area contributed by atoms with Crippen LogP contribution in [0.4, 0.5) is 0 Å². The van der Waals surface area contributed by atoms with Crippen LogP contribution in [0.25, 0.3) is 11.3 Å². The number of aromatic nitrogens is 1. The summed E-state index contributed by atoms with van der Waals surface area (Å²) in [6.45, 7) is 1.93. The number of halogens is 1. The zero-order valence-corrected chi connectivity index (χ0v) is 9.01. The van der Waals surface area contributed by atoms with Gasteiger partial charge in [0.25, 0.3) is 0 Å². The van der Waals surface area contributed by atoms with E-state index in [9.17, 15) is 4.79 Å². The summed E-state index contributed by atoms with van der Waals surface area (Å²) in [7, 11) is 0. The minimum atomic E-state index is -0.0110. The molecule has 1 aromatic carbocycles. The Morgan fingerprint density at radius 2 is 2.07 bits per heavy atom. The van der Waals surface area contributed by atoms with Crippen molar-refractivity contribution >= 4 is 11.6 Å². The van der Waals surface area contributed by atoms with Gasteiger partial charge in [0.05, 0.1) is 0 Å². The molecule has 2 nitrogen and oxygen atoms in total. The van der Waals surface area contributed by atoms with Crippen molar-refractivity contribution in [3.05, 3.63) is 57.3 Å². The molecule has 0 saturated heterocycles. The highest BCUT2D eigenvalue weighted by molar-refractivity contribution is 6.31. The van der Waals surface area contributed by atoms with Crippen LogP contribution in [0.1, 0.15) is 5.56 Å². The van der Waals surface area contributed by atoms with Gasteiger partial charge in [0.1, 0.15) is 0 Å². The summed E-state index contributed by atoms with van der Waals surface area (Å²) in [5.74, 6) is 0. The molecule has 1 heterocycles. The molecule has 0 spiro atoms. The molecule has 0 saturated carbocycles. The summed E-state index contributed by atoms with van der Waals surface area (Å²) in [5.41, 5.74) is 2.71. The highest BCUT2D eigenvalue weighted by Gasteiger charge is 2.04. The molecule has 0 bridgehead atoms. The van der Waals surface area contributed by atoms with Gasteiger partial charge in [-0.3, -0.25) is 4.79 Å². The van der Waals surface area contributed by atoms with Gasteiger partial charge in [0.15, 0.2) is 5.43 Å². The Morgan fingerprint density at radius 1 is 1.27 bits per heavy atom. The smallest absolute Gasteiger partial charge is 0.182 e. The predicted octanol–water partition coefficient (Wildman–Crippen LogP) is 3.00. The van der Waals surface area contributed by atoms with E-state index in [1.54, 1.807) is 12.3 Å². The molecule has 76 valence electrons. The van der Waals surface area contributed by atoms with E-state index in [-0.39, 0.29) is 5.43 Å². The lowest BCUT2D eigenvalue weighted by atomic mass is 10.1. The molecule has 0 aliphatic carbocycles. The average molecular weight is 220 g/mol. The van der Waals surface area contributed by atoms with E-state index in [1.807, 2.05) is 25.1 Å². The largest absolute Gasteiger partial charge is 0.361 e. The first-order valence-corrected chi connectivity index (χ1v) is 5.00. The normalized spacial score (nSPS) is 10.3. The maximum absolute atomic E-state index is 11.2. The standard InChI is InChI=1S/C12H10ClNO/c1-8-10(3-2-4-11(8)13)12-7-9(15)5-6-14-12/h2-7H,1H3,(H,14,15). The van der Waals surface area contributed by atoms with Crippen molar-refractivity contribution in [3.8, 4) is 11.3 Å². The monoisotopic (exact) mass is 219 g/mol. The van der Waals surface area contributed by atoms with Crippen molar-refractivity contribution in [2.45, 2.75) is 6.92 Å². The summed E-state index contributed by atoms with van der Waals surface area (Å²) < 4.78 is 0. The molecule has 0 aliphatic heterocycles. The minimum Gasteiger partial charge on any atom is -0.361 e. The fourth-order valence-electron chi connectivity index (χ4n) is 1.50. The highest BCUT2D eigenvalue weighted by atomic mass is 35.5. The Bertz CT molecular complexity index is 545. The number of pyridine rings is 1. The van der Waals surface area contributed by atoms with Gasteiger partial charge in [-0.1, -0.05) is 23.7 Å². The molecule has 0 radical (unpaired) electrons. The first-order chi connectivity index (χ1) is 7.18. The molecule has 1 N–H and O–H groups in total. The van der Waals surface area contributed by atoms with E-state index in [1.165, 1.54) is 6.07 Å². The topological polar surface area (TPSA) is 32.9 Å². The molecule has 0 unspecified atom stereocenters. The number of benzene rings is 1. The van der Waals surface area contributed by atoms with Gasteiger partial charge in [-0.25, -0.2) is 0 Å². The zero-order chi connectivity index (χ0) is 10.8. The molecule has 2 rings (SSSR count). The zero-order valence-electron chi connectivity index (χ0n) is 8.25. The third-order valence-corrected chi connectivity index (χ3v) is 2.74. The average Bonchev–Trinajstić information content (AvgIpc) is 2.22. The van der Waals surface area contributed by atoms with Crippen molar-refractivity contribution in [2.24, 2.45) is 0 Å². The summed E-state index contributed by atoms with van der Waals surface area (Å²) in [6.07, 6.45) is 1.64. The van der Waals surface area contributed by atoms with Gasteiger partial charge >= 0.3 is 0 Å². The number of rotatable bonds is 1. The molecule has 1 aromatic heterocycles. The Balaban J connectivity index is 2.64. The van der Waals surface area contributed by atoms with Gasteiger partial charge < -0.3 is 4.98 Å². The molecule has 0 atom stereocenters. The summed E-state index contributed by atoms with van der Waals surface area (Å²) in [6, 6.07) is 8.70. The maximum atomic E-state index is 11.2. The Labute approximate surface area is 92.5 Å². The van der Waals surface area contributed by atoms with Crippen molar-refractivity contribution < 1.29 is 0 Å². The van der Waals surface area contributed by atoms with Crippen molar-refractivity contribution in [3.63, 3.8) is 0 Å². The highest BCUT2D eigenvalue weighted by Crippen LogP contribution is 2.25. The quantitative estimate of drug-likeness (QED) is 0.786. The molecule has 15 heavy (non-hydrogen) atoms. The lowest BCUT2D eigenvalue weighted by Crippen LogP contribution is -1.98. The second-order valence-corrected chi connectivity index (χ2v) is 3.76. The first kappa shape index (κ1) is 9.99. The van der Waals surface area contributed by atoms with Crippen LogP contribution >= 0.6 is 11.6 Å². The van der Waals surface area contributed by atoms with E-state index < -0.39 is 0 Å². The van der Waals surface area contributed by atoms with Gasteiger partial charge in [0.2, 0.25) is 0 Å². The minimum absolute atomic E-state index is 0.0110. The SMILES string of the molecule is Cc1c(Cl)cccc1-c1cc(=O)cc[nH]1. The van der Waals surface area contributed by atoms with Crippen LogP contribution in [-0.2, 0) is 0 Å². The molecule has 0 amide bonds. The van der Waals surface area contributed by atoms with Crippen LogP contribution < -0.4 is 5.43 Å². The summed E-state index contributed by atoms with van der Waals surface area (Å²) in [4.78, 5) is 14.2. The number of hydrogen-bond donors (Lipinski definition) is 1. The predicted molar refractivity (Wildman–Crippen MR) is 62.2 cm³/mol. The fourth-order valence-corrected chi connectivity index (χ4v) is 1.67. The van der Waals surface area contributed by atoms with Crippen LogP contribution in [-0.4, -0.2) is 4.98 Å². The third-order valence-electron chi connectivity index (χ3n) is 2.33. The molecule has 2 aromatic rings. The number of nitrogens with one attached hydrogen (secondary N) is 1. The molecular formula is C12H10ClNO. The molecule has 3 heteroatoms. The van der Waals surface area contributed by atoms with Crippen LogP contribution in [0, 0.1) is 6.92 Å². The van der Waals surface area contributed by atoms with Gasteiger partial charge in [-0.05, 0) is 18.6 Å². The number of aromatic amines is 1. The van der Waals surface area contributed by atoms with Crippen molar-refractivity contribution in [1.29, 1.82) is 0 Å². The van der Waals surface area contributed by atoms with Crippen LogP contribution in [0.5, 0.6) is 0 Å². The van der Waals surface area contributed by atoms with Crippen molar-refractivity contribution in [1.82, 2.24) is 4.98 Å². The van der Waals surface area contributed by atoms with Crippen LogP contribution in [0.15, 0.2) is 41.3 Å². The van der Waals surface area contributed by atoms with Gasteiger partial charge in [0, 0.05) is 34.6 Å². The van der Waals surface area contributed by atoms with E-state index in [0.29, 0.717) is 5.02 Å². The van der Waals surface area contributed by atoms with Gasteiger partial charge in [-0.15, -0.1) is 0 Å². The maximum Gasteiger partial charge on any atom is 0.182 e. The van der Waals surface area contributed by atoms with E-state index >= 15 is 0 Å². The molecule has 0 aliphatic rings. The Hall–Kier alpha value is -1.54. The lowest BCUT2D eigenvalue weighted by Gasteiger charge is -2.06. The lowest BCUT2D eigenvalue weighted by molar-refractivity contribution is 1.29.